The zero-order valence-corrected chi connectivity index (χ0v) is 53.9. The highest BCUT2D eigenvalue weighted by molar-refractivity contribution is 6.15. The quantitative estimate of drug-likeness (QED) is 0.129. The van der Waals surface area contributed by atoms with Crippen LogP contribution in [0.15, 0.2) is 346 Å². The lowest BCUT2D eigenvalue weighted by Gasteiger charge is -2.21. The molecular weight excluding hydrogens is 1220 g/mol. The van der Waals surface area contributed by atoms with Crippen molar-refractivity contribution in [3.8, 4) is 102 Å². The van der Waals surface area contributed by atoms with E-state index in [2.05, 4.69) is 334 Å². The van der Waals surface area contributed by atoms with Gasteiger partial charge in [0.15, 0.2) is 23.3 Å². The second kappa shape index (κ2) is 23.0. The van der Waals surface area contributed by atoms with E-state index >= 15 is 0 Å². The van der Waals surface area contributed by atoms with Gasteiger partial charge in [-0.15, -0.1) is 0 Å². The van der Waals surface area contributed by atoms with Gasteiger partial charge in [-0.1, -0.05) is 261 Å². The van der Waals surface area contributed by atoms with E-state index in [1.807, 2.05) is 30.3 Å². The van der Waals surface area contributed by atoms with Crippen molar-refractivity contribution in [2.45, 2.75) is 0 Å². The summed E-state index contributed by atoms with van der Waals surface area (Å²) >= 11 is 0. The van der Waals surface area contributed by atoms with Crippen LogP contribution in [0.3, 0.4) is 0 Å². The number of benzene rings is 14. The number of nitrogens with zero attached hydrogens (tertiary/aromatic N) is 9. The van der Waals surface area contributed by atoms with Crippen LogP contribution in [0.4, 0.5) is 0 Å². The van der Waals surface area contributed by atoms with E-state index in [1.165, 1.54) is 10.8 Å². The van der Waals surface area contributed by atoms with Crippen LogP contribution in [0.2, 0.25) is 0 Å². The molecule has 0 aliphatic rings. The Morgan fingerprint density at radius 2 is 0.470 bits per heavy atom. The Kier molecular flexibility index (Phi) is 13.1. The summed E-state index contributed by atoms with van der Waals surface area (Å²) in [4.78, 5) is 27.8. The summed E-state index contributed by atoms with van der Waals surface area (Å²) < 4.78 is 9.71. The molecule has 0 spiro atoms. The molecule has 0 amide bonds. The second-order valence-electron chi connectivity index (χ2n) is 25.5. The molecule has 6 aromatic heterocycles. The van der Waals surface area contributed by atoms with Crippen LogP contribution < -0.4 is 0 Å². The van der Waals surface area contributed by atoms with E-state index in [0.29, 0.717) is 23.3 Å². The van der Waals surface area contributed by atoms with Gasteiger partial charge in [0.05, 0.1) is 78.3 Å². The summed E-state index contributed by atoms with van der Waals surface area (Å²) in [6.07, 6.45) is 0. The van der Waals surface area contributed by atoms with E-state index in [9.17, 15) is 0 Å². The first-order valence-electron chi connectivity index (χ1n) is 33.8. The van der Waals surface area contributed by atoms with Crippen molar-refractivity contribution in [2.24, 2.45) is 0 Å². The number of hydrogen-bond donors (Lipinski definition) is 0. The molecule has 20 rings (SSSR count). The van der Waals surface area contributed by atoms with Gasteiger partial charge in [0, 0.05) is 76.5 Å². The molecular formula is C91H57N9. The molecule has 0 unspecified atom stereocenters. The van der Waals surface area contributed by atoms with Gasteiger partial charge in [0.2, 0.25) is 0 Å². The molecule has 466 valence electrons. The molecule has 0 bridgehead atoms. The third-order valence-electron chi connectivity index (χ3n) is 19.9. The number of hydrogen-bond acceptors (Lipinski definition) is 5. The average molecular weight is 1280 g/mol. The molecule has 0 fully saturated rings. The van der Waals surface area contributed by atoms with Crippen molar-refractivity contribution in [3.05, 3.63) is 346 Å². The molecule has 9 heteroatoms. The smallest absolute Gasteiger partial charge is 0.166 e. The third-order valence-corrected chi connectivity index (χ3v) is 19.9. The highest BCUT2D eigenvalue weighted by atomic mass is 15.1. The van der Waals surface area contributed by atoms with Gasteiger partial charge >= 0.3 is 0 Å². The molecule has 0 radical (unpaired) electrons. The molecule has 0 aliphatic carbocycles. The Morgan fingerprint density at radius 3 is 0.890 bits per heavy atom. The molecule has 6 heterocycles. The minimum Gasteiger partial charge on any atom is -0.307 e. The summed E-state index contributed by atoms with van der Waals surface area (Å²) in [5.41, 5.74) is 21.7. The van der Waals surface area contributed by atoms with Gasteiger partial charge in [-0.3, -0.25) is 0 Å². The Labute approximate surface area is 574 Å². The minimum absolute atomic E-state index is 0.548. The van der Waals surface area contributed by atoms with Gasteiger partial charge in [-0.2, -0.15) is 0 Å². The normalized spacial score (nSPS) is 11.8. The largest absolute Gasteiger partial charge is 0.307 e. The van der Waals surface area contributed by atoms with Crippen molar-refractivity contribution >= 4 is 87.2 Å². The lowest BCUT2D eigenvalue weighted by Crippen LogP contribution is -2.08. The Morgan fingerprint density at radius 1 is 0.170 bits per heavy atom. The fraction of sp³-hybridized carbons (Fsp3) is 0. The first-order chi connectivity index (χ1) is 49.6. The first kappa shape index (κ1) is 56.7. The standard InChI is InChI=1S/C91H57N9/c1-4-28-58(29-5-1)74-57-75(59-30-6-2-7-31-59)93-90(92-74)71-43-26-53-85(86(71)99-79-48-22-14-37-65(79)66-38-15-23-49-80(66)99)98-78-47-21-18-41-69(78)73-56-61(54-55-83(73)98)62-34-10-11-42-70(62)89-94-88(60-32-8-3-9-33-60)95-91(96-89)72-44-27-52-84(97-76-45-19-12-35-63(76)64-36-13-20-46-77(64)97)87(72)100-81-50-24-16-39-67(81)68-40-17-25-51-82(68)100/h1-57H. The van der Waals surface area contributed by atoms with E-state index in [0.717, 1.165) is 155 Å². The van der Waals surface area contributed by atoms with Crippen LogP contribution in [0.1, 0.15) is 0 Å². The number of para-hydroxylation sites is 9. The predicted molar refractivity (Wildman–Crippen MR) is 411 cm³/mol. The first-order valence-corrected chi connectivity index (χ1v) is 33.8. The zero-order valence-electron chi connectivity index (χ0n) is 53.9. The number of rotatable bonds is 11. The maximum Gasteiger partial charge on any atom is 0.166 e. The van der Waals surface area contributed by atoms with Gasteiger partial charge in [0.1, 0.15) is 0 Å². The van der Waals surface area contributed by atoms with Crippen LogP contribution in [0, 0.1) is 0 Å². The Hall–Kier alpha value is -13.6. The fourth-order valence-electron chi connectivity index (χ4n) is 15.5. The summed E-state index contributed by atoms with van der Waals surface area (Å²) in [7, 11) is 0. The maximum atomic E-state index is 5.71. The van der Waals surface area contributed by atoms with Gasteiger partial charge in [0.25, 0.3) is 0 Å². The van der Waals surface area contributed by atoms with Crippen LogP contribution in [-0.2, 0) is 0 Å². The molecule has 0 saturated carbocycles. The highest BCUT2D eigenvalue weighted by Gasteiger charge is 2.28. The summed E-state index contributed by atoms with van der Waals surface area (Å²) in [5, 5.41) is 9.19. The van der Waals surface area contributed by atoms with Gasteiger partial charge < -0.3 is 18.3 Å². The van der Waals surface area contributed by atoms with Gasteiger partial charge in [-0.05, 0) is 96.1 Å². The van der Waals surface area contributed by atoms with E-state index < -0.39 is 0 Å². The predicted octanol–water partition coefficient (Wildman–Crippen LogP) is 22.7. The molecule has 9 nitrogen and oxygen atoms in total. The maximum absolute atomic E-state index is 5.71. The molecule has 20 aromatic rings. The van der Waals surface area contributed by atoms with Crippen LogP contribution in [0.25, 0.3) is 189 Å². The SMILES string of the molecule is c1ccc(-c2cc(-c3ccccc3)nc(-c3cccc(-n4c5ccccc5c5cc(-c6ccccc6-c6nc(-c7ccccc7)nc(-c7cccc(-n8c9ccccc9c9ccccc98)c7-n7c8ccccc8c8ccccc87)n6)ccc54)c3-n3c4ccccc4c4ccccc43)n2)cc1. The number of fused-ring (bicyclic) bond motifs is 12. The van der Waals surface area contributed by atoms with E-state index in [-0.39, 0.29) is 0 Å². The topological polar surface area (TPSA) is 84.2 Å². The van der Waals surface area contributed by atoms with Crippen LogP contribution in [0.5, 0.6) is 0 Å². The lowest BCUT2D eigenvalue weighted by molar-refractivity contribution is 1.05. The minimum atomic E-state index is 0.548. The third kappa shape index (κ3) is 8.99. The highest BCUT2D eigenvalue weighted by Crippen LogP contribution is 2.46. The van der Waals surface area contributed by atoms with E-state index in [4.69, 9.17) is 24.9 Å². The van der Waals surface area contributed by atoms with Crippen molar-refractivity contribution in [3.63, 3.8) is 0 Å². The lowest BCUT2D eigenvalue weighted by atomic mass is 9.97. The average Bonchev–Trinajstić information content (AvgIpc) is 1.54. The Bertz CT molecular complexity index is 6440. The van der Waals surface area contributed by atoms with Crippen LogP contribution >= 0.6 is 0 Å². The zero-order chi connectivity index (χ0) is 65.8. The molecule has 100 heavy (non-hydrogen) atoms. The monoisotopic (exact) mass is 1280 g/mol. The molecule has 14 aromatic carbocycles. The molecule has 0 N–H and O–H groups in total. The van der Waals surface area contributed by atoms with Crippen molar-refractivity contribution in [1.29, 1.82) is 0 Å². The summed E-state index contributed by atoms with van der Waals surface area (Å²) in [6, 6.07) is 123. The molecule has 0 saturated heterocycles. The molecule has 0 aliphatic heterocycles. The van der Waals surface area contributed by atoms with Gasteiger partial charge in [-0.25, -0.2) is 24.9 Å². The molecule has 0 atom stereocenters. The van der Waals surface area contributed by atoms with E-state index in [1.54, 1.807) is 0 Å². The summed E-state index contributed by atoms with van der Waals surface area (Å²) in [5.74, 6) is 2.29. The van der Waals surface area contributed by atoms with Crippen LogP contribution in [-0.4, -0.2) is 43.2 Å². The van der Waals surface area contributed by atoms with Crippen molar-refractivity contribution in [1.82, 2.24) is 43.2 Å². The Balaban J connectivity index is 0.810. The van der Waals surface area contributed by atoms with Crippen molar-refractivity contribution in [2.75, 3.05) is 0 Å². The summed E-state index contributed by atoms with van der Waals surface area (Å²) in [6.45, 7) is 0. The second-order valence-corrected chi connectivity index (χ2v) is 25.5. The van der Waals surface area contributed by atoms with Crippen molar-refractivity contribution < 1.29 is 0 Å². The number of aromatic nitrogens is 9. The fourth-order valence-corrected chi connectivity index (χ4v) is 15.5.